The van der Waals surface area contributed by atoms with Crippen LogP contribution in [0.4, 0.5) is 0 Å². The third-order valence-electron chi connectivity index (χ3n) is 2.00. The molecule has 0 aromatic heterocycles. The van der Waals surface area contributed by atoms with Gasteiger partial charge in [0.15, 0.2) is 0 Å². The normalized spacial score (nSPS) is 13.8. The van der Waals surface area contributed by atoms with Gasteiger partial charge in [-0.1, -0.05) is 31.6 Å². The zero-order chi connectivity index (χ0) is 12.3. The Labute approximate surface area is 95.1 Å². The summed E-state index contributed by atoms with van der Waals surface area (Å²) in [7, 11) is 0. The van der Waals surface area contributed by atoms with Gasteiger partial charge in [-0.2, -0.15) is 0 Å². The first-order chi connectivity index (χ1) is 7.17. The number of rotatable bonds is 1. The van der Waals surface area contributed by atoms with E-state index in [1.807, 2.05) is 20.8 Å². The molecule has 86 valence electrons. The molecular formula is C14H25N. The van der Waals surface area contributed by atoms with E-state index < -0.39 is 0 Å². The lowest BCUT2D eigenvalue weighted by molar-refractivity contribution is 0.935. The number of hydrogen-bond acceptors (Lipinski definition) is 1. The Bertz CT molecular complexity index is 244. The fourth-order valence-corrected chi connectivity index (χ4v) is 1.32. The predicted octanol–water partition coefficient (Wildman–Crippen LogP) is 4.91. The van der Waals surface area contributed by atoms with Crippen LogP contribution in [0.2, 0.25) is 0 Å². The largest absolute Gasteiger partial charge is 0.308 e. The summed E-state index contributed by atoms with van der Waals surface area (Å²) in [5, 5.41) is 7.13. The number of nitrogens with one attached hydrogen (secondary N) is 1. The molecule has 1 heteroatoms. The van der Waals surface area contributed by atoms with Gasteiger partial charge in [0.25, 0.3) is 0 Å². The van der Waals surface area contributed by atoms with E-state index in [-0.39, 0.29) is 0 Å². The lowest BCUT2D eigenvalue weighted by Crippen LogP contribution is -1.97. The van der Waals surface area contributed by atoms with Crippen molar-refractivity contribution in [2.75, 3.05) is 0 Å². The van der Waals surface area contributed by atoms with Crippen molar-refractivity contribution < 1.29 is 0 Å². The maximum absolute atomic E-state index is 7.13. The van der Waals surface area contributed by atoms with Gasteiger partial charge in [-0.05, 0) is 44.8 Å². The molecule has 0 radical (unpaired) electrons. The molecule has 0 saturated carbocycles. The smallest absolute Gasteiger partial charge is 0.0252 e. The Morgan fingerprint density at radius 3 is 2.07 bits per heavy atom. The molecule has 0 atom stereocenters. The van der Waals surface area contributed by atoms with E-state index in [4.69, 9.17) is 5.41 Å². The highest BCUT2D eigenvalue weighted by molar-refractivity contribution is 5.83. The summed E-state index contributed by atoms with van der Waals surface area (Å²) in [6.45, 7) is 13.4. The zero-order valence-electron chi connectivity index (χ0n) is 10.9. The topological polar surface area (TPSA) is 23.9 Å². The Hall–Kier alpha value is -1.11. The molecule has 1 rings (SSSR count). The van der Waals surface area contributed by atoms with Crippen molar-refractivity contribution in [3.8, 4) is 0 Å². The minimum absolute atomic E-state index is 1.13. The van der Waals surface area contributed by atoms with Gasteiger partial charge in [-0.15, -0.1) is 6.58 Å². The highest BCUT2D eigenvalue weighted by Gasteiger charge is 2.05. The first kappa shape index (κ1) is 16.3. The van der Waals surface area contributed by atoms with Gasteiger partial charge in [0.1, 0.15) is 0 Å². The summed E-state index contributed by atoms with van der Waals surface area (Å²) in [5.41, 5.74) is 3.75. The van der Waals surface area contributed by atoms with Crippen molar-refractivity contribution in [1.29, 1.82) is 5.41 Å². The van der Waals surface area contributed by atoms with Crippen LogP contribution in [0.1, 0.15) is 47.5 Å². The van der Waals surface area contributed by atoms with E-state index in [1.165, 1.54) is 17.4 Å². The molecule has 15 heavy (non-hydrogen) atoms. The Morgan fingerprint density at radius 1 is 1.33 bits per heavy atom. The second kappa shape index (κ2) is 11.0. The van der Waals surface area contributed by atoms with E-state index >= 15 is 0 Å². The van der Waals surface area contributed by atoms with Crippen molar-refractivity contribution in [1.82, 2.24) is 0 Å². The molecular weight excluding hydrogens is 182 g/mol. The highest BCUT2D eigenvalue weighted by atomic mass is 14.3. The van der Waals surface area contributed by atoms with Gasteiger partial charge < -0.3 is 5.41 Å². The van der Waals surface area contributed by atoms with Crippen LogP contribution in [0.15, 0.2) is 35.5 Å². The fourth-order valence-electron chi connectivity index (χ4n) is 1.32. The van der Waals surface area contributed by atoms with Crippen molar-refractivity contribution in [3.05, 3.63) is 35.5 Å². The SMILES string of the molecule is C=CC.CC.CC1=CCCC(C)=C1C=N. The summed E-state index contributed by atoms with van der Waals surface area (Å²) in [6.07, 6.45) is 7.69. The quantitative estimate of drug-likeness (QED) is 0.466. The van der Waals surface area contributed by atoms with Crippen molar-refractivity contribution in [2.45, 2.75) is 47.5 Å². The minimum Gasteiger partial charge on any atom is -0.308 e. The van der Waals surface area contributed by atoms with Crippen LogP contribution in [0, 0.1) is 5.41 Å². The average molecular weight is 207 g/mol. The average Bonchev–Trinajstić information content (AvgIpc) is 2.22. The highest BCUT2D eigenvalue weighted by Crippen LogP contribution is 2.22. The fraction of sp³-hybridized carbons (Fsp3) is 0.500. The maximum Gasteiger partial charge on any atom is 0.0252 e. The molecule has 0 saturated heterocycles. The van der Waals surface area contributed by atoms with Crippen LogP contribution in [0.25, 0.3) is 0 Å². The minimum atomic E-state index is 1.13. The van der Waals surface area contributed by atoms with Crippen LogP contribution in [0.5, 0.6) is 0 Å². The molecule has 0 aromatic rings. The predicted molar refractivity (Wildman–Crippen MR) is 71.7 cm³/mol. The van der Waals surface area contributed by atoms with Gasteiger partial charge in [0, 0.05) is 6.21 Å². The van der Waals surface area contributed by atoms with Gasteiger partial charge in [-0.25, -0.2) is 0 Å². The standard InChI is InChI=1S/C9H13N.C3H6.C2H6/c1-7-4-3-5-8(2)9(7)6-10;1-3-2;1-2/h4,6,10H,3,5H2,1-2H3;3H,1H2,2H3;1-2H3. The molecule has 0 aromatic carbocycles. The lowest BCUT2D eigenvalue weighted by Gasteiger charge is -2.12. The molecule has 0 aliphatic heterocycles. The maximum atomic E-state index is 7.13. The molecule has 0 unspecified atom stereocenters. The van der Waals surface area contributed by atoms with E-state index in [0.717, 1.165) is 18.4 Å². The summed E-state index contributed by atoms with van der Waals surface area (Å²) in [6, 6.07) is 0. The van der Waals surface area contributed by atoms with E-state index in [9.17, 15) is 0 Å². The van der Waals surface area contributed by atoms with E-state index in [0.29, 0.717) is 0 Å². The van der Waals surface area contributed by atoms with Crippen molar-refractivity contribution >= 4 is 6.21 Å². The van der Waals surface area contributed by atoms with Gasteiger partial charge in [-0.3, -0.25) is 0 Å². The Kier molecular flexibility index (Phi) is 11.9. The van der Waals surface area contributed by atoms with Crippen LogP contribution in [-0.2, 0) is 0 Å². The van der Waals surface area contributed by atoms with Crippen LogP contribution in [-0.4, -0.2) is 6.21 Å². The molecule has 1 aliphatic carbocycles. The molecule has 0 heterocycles. The second-order valence-electron chi connectivity index (χ2n) is 3.17. The van der Waals surface area contributed by atoms with Crippen molar-refractivity contribution in [3.63, 3.8) is 0 Å². The molecule has 0 fully saturated rings. The van der Waals surface area contributed by atoms with Gasteiger partial charge >= 0.3 is 0 Å². The monoisotopic (exact) mass is 207 g/mol. The Morgan fingerprint density at radius 2 is 1.80 bits per heavy atom. The van der Waals surface area contributed by atoms with Crippen LogP contribution in [0.3, 0.4) is 0 Å². The molecule has 0 bridgehead atoms. The van der Waals surface area contributed by atoms with Crippen LogP contribution >= 0.6 is 0 Å². The first-order valence-corrected chi connectivity index (χ1v) is 5.61. The molecule has 0 spiro atoms. The first-order valence-electron chi connectivity index (χ1n) is 5.61. The summed E-state index contributed by atoms with van der Waals surface area (Å²) < 4.78 is 0. The zero-order valence-corrected chi connectivity index (χ0v) is 10.9. The summed E-state index contributed by atoms with van der Waals surface area (Å²) in [4.78, 5) is 0. The van der Waals surface area contributed by atoms with E-state index in [2.05, 4.69) is 26.5 Å². The van der Waals surface area contributed by atoms with Crippen molar-refractivity contribution in [2.24, 2.45) is 0 Å². The second-order valence-corrected chi connectivity index (χ2v) is 3.17. The summed E-state index contributed by atoms with van der Waals surface area (Å²) in [5.74, 6) is 0. The lowest BCUT2D eigenvalue weighted by atomic mass is 9.94. The third-order valence-corrected chi connectivity index (χ3v) is 2.00. The Balaban J connectivity index is 0. The number of hydrogen-bond donors (Lipinski definition) is 1. The molecule has 0 amide bonds. The summed E-state index contributed by atoms with van der Waals surface area (Å²) >= 11 is 0. The molecule has 1 N–H and O–H groups in total. The van der Waals surface area contributed by atoms with Crippen LogP contribution < -0.4 is 0 Å². The van der Waals surface area contributed by atoms with Gasteiger partial charge in [0.2, 0.25) is 0 Å². The molecule has 1 aliphatic rings. The molecule has 1 nitrogen and oxygen atoms in total. The number of allylic oxidation sites excluding steroid dienone is 5. The van der Waals surface area contributed by atoms with E-state index in [1.54, 1.807) is 6.08 Å². The van der Waals surface area contributed by atoms with Gasteiger partial charge in [0.05, 0.1) is 0 Å². The third kappa shape index (κ3) is 6.89.